The van der Waals surface area contributed by atoms with E-state index in [4.69, 9.17) is 9.47 Å². The molecule has 0 amide bonds. The highest BCUT2D eigenvalue weighted by atomic mass is 16.5. The lowest BCUT2D eigenvalue weighted by Gasteiger charge is -2.11. The second-order valence-electron chi connectivity index (χ2n) is 4.39. The molecular formula is C16H15NO2. The summed E-state index contributed by atoms with van der Waals surface area (Å²) in [6, 6.07) is 17.9. The molecule has 2 aromatic rings. The number of benzene rings is 2. The Morgan fingerprint density at radius 1 is 1.05 bits per heavy atom. The lowest BCUT2D eigenvalue weighted by molar-refractivity contribution is 0.230. The average Bonchev–Trinajstić information content (AvgIpc) is 2.98. The van der Waals surface area contributed by atoms with E-state index in [9.17, 15) is 0 Å². The SMILES string of the molecule is COc1ccc(C2=NC[C@H](c3ccccc3)O2)cc1. The Labute approximate surface area is 112 Å². The monoisotopic (exact) mass is 253 g/mol. The smallest absolute Gasteiger partial charge is 0.216 e. The number of ether oxygens (including phenoxy) is 2. The van der Waals surface area contributed by atoms with Crippen molar-refractivity contribution in [3.8, 4) is 5.75 Å². The zero-order valence-electron chi connectivity index (χ0n) is 10.7. The van der Waals surface area contributed by atoms with Gasteiger partial charge < -0.3 is 9.47 Å². The minimum atomic E-state index is 0.0262. The molecule has 0 spiro atoms. The molecule has 3 nitrogen and oxygen atoms in total. The van der Waals surface area contributed by atoms with Gasteiger partial charge in [0, 0.05) is 5.56 Å². The van der Waals surface area contributed by atoms with Crippen LogP contribution in [0.4, 0.5) is 0 Å². The zero-order chi connectivity index (χ0) is 13.1. The van der Waals surface area contributed by atoms with Gasteiger partial charge in [-0.1, -0.05) is 30.3 Å². The Morgan fingerprint density at radius 3 is 2.47 bits per heavy atom. The van der Waals surface area contributed by atoms with Crippen LogP contribution in [0.25, 0.3) is 0 Å². The number of rotatable bonds is 3. The summed E-state index contributed by atoms with van der Waals surface area (Å²) in [5.41, 5.74) is 2.15. The van der Waals surface area contributed by atoms with E-state index < -0.39 is 0 Å². The molecule has 3 rings (SSSR count). The van der Waals surface area contributed by atoms with E-state index in [0.29, 0.717) is 12.4 Å². The van der Waals surface area contributed by atoms with E-state index in [2.05, 4.69) is 17.1 Å². The predicted molar refractivity (Wildman–Crippen MR) is 74.7 cm³/mol. The molecular weight excluding hydrogens is 238 g/mol. The summed E-state index contributed by atoms with van der Waals surface area (Å²) in [4.78, 5) is 4.47. The van der Waals surface area contributed by atoms with Gasteiger partial charge in [0.2, 0.25) is 5.90 Å². The van der Waals surface area contributed by atoms with Crippen LogP contribution >= 0.6 is 0 Å². The van der Waals surface area contributed by atoms with Gasteiger partial charge in [-0.2, -0.15) is 0 Å². The van der Waals surface area contributed by atoms with Crippen molar-refractivity contribution in [2.24, 2.45) is 4.99 Å². The highest BCUT2D eigenvalue weighted by molar-refractivity contribution is 5.95. The van der Waals surface area contributed by atoms with Crippen LogP contribution < -0.4 is 4.74 Å². The van der Waals surface area contributed by atoms with E-state index in [1.807, 2.05) is 42.5 Å². The molecule has 0 unspecified atom stereocenters. The van der Waals surface area contributed by atoms with E-state index >= 15 is 0 Å². The maximum absolute atomic E-state index is 5.92. The van der Waals surface area contributed by atoms with Gasteiger partial charge >= 0.3 is 0 Å². The Balaban J connectivity index is 1.74. The molecule has 0 saturated heterocycles. The normalized spacial score (nSPS) is 17.7. The van der Waals surface area contributed by atoms with Crippen molar-refractivity contribution in [1.82, 2.24) is 0 Å². The fourth-order valence-electron chi connectivity index (χ4n) is 2.11. The van der Waals surface area contributed by atoms with E-state index in [0.717, 1.165) is 16.9 Å². The Hall–Kier alpha value is -2.29. The van der Waals surface area contributed by atoms with Gasteiger partial charge in [-0.15, -0.1) is 0 Å². The van der Waals surface area contributed by atoms with Gasteiger partial charge in [-0.3, -0.25) is 0 Å². The first kappa shape index (κ1) is 11.8. The van der Waals surface area contributed by atoms with E-state index in [-0.39, 0.29) is 6.10 Å². The fourth-order valence-corrected chi connectivity index (χ4v) is 2.11. The number of aliphatic imine (C=N–C) groups is 1. The minimum Gasteiger partial charge on any atom is -0.497 e. The molecule has 0 saturated carbocycles. The van der Waals surface area contributed by atoms with Gasteiger partial charge in [0.05, 0.1) is 13.7 Å². The van der Waals surface area contributed by atoms with Crippen LogP contribution in [-0.4, -0.2) is 19.6 Å². The number of nitrogens with zero attached hydrogens (tertiary/aromatic N) is 1. The summed E-state index contributed by atoms with van der Waals surface area (Å²) in [5, 5.41) is 0. The van der Waals surface area contributed by atoms with Crippen molar-refractivity contribution >= 4 is 5.90 Å². The lowest BCUT2D eigenvalue weighted by atomic mass is 10.1. The third-order valence-electron chi connectivity index (χ3n) is 3.16. The third kappa shape index (κ3) is 2.45. The molecule has 0 N–H and O–H groups in total. The third-order valence-corrected chi connectivity index (χ3v) is 3.16. The molecule has 96 valence electrons. The highest BCUT2D eigenvalue weighted by Gasteiger charge is 2.22. The first-order valence-corrected chi connectivity index (χ1v) is 6.27. The lowest BCUT2D eigenvalue weighted by Crippen LogP contribution is -2.06. The van der Waals surface area contributed by atoms with Gasteiger partial charge in [0.25, 0.3) is 0 Å². The first-order chi connectivity index (χ1) is 9.36. The number of methoxy groups -OCH3 is 1. The van der Waals surface area contributed by atoms with Crippen LogP contribution in [0.1, 0.15) is 17.2 Å². The second-order valence-corrected chi connectivity index (χ2v) is 4.39. The topological polar surface area (TPSA) is 30.8 Å². The maximum Gasteiger partial charge on any atom is 0.216 e. The molecule has 19 heavy (non-hydrogen) atoms. The van der Waals surface area contributed by atoms with E-state index in [1.165, 1.54) is 0 Å². The van der Waals surface area contributed by atoms with Crippen LogP contribution in [0.15, 0.2) is 59.6 Å². The van der Waals surface area contributed by atoms with Gasteiger partial charge in [-0.05, 0) is 29.8 Å². The van der Waals surface area contributed by atoms with Crippen molar-refractivity contribution in [1.29, 1.82) is 0 Å². The standard InChI is InChI=1S/C16H15NO2/c1-18-14-9-7-13(8-10-14)16-17-11-15(19-16)12-5-3-2-4-6-12/h2-10,15H,11H2,1H3/t15-/m1/s1. The zero-order valence-corrected chi connectivity index (χ0v) is 10.7. The summed E-state index contributed by atoms with van der Waals surface area (Å²) in [7, 11) is 1.66. The minimum absolute atomic E-state index is 0.0262. The predicted octanol–water partition coefficient (Wildman–Crippen LogP) is 3.21. The molecule has 0 radical (unpaired) electrons. The first-order valence-electron chi connectivity index (χ1n) is 6.27. The largest absolute Gasteiger partial charge is 0.497 e. The molecule has 1 aliphatic heterocycles. The van der Waals surface area contributed by atoms with Crippen LogP contribution in [0, 0.1) is 0 Å². The van der Waals surface area contributed by atoms with Crippen molar-refractivity contribution in [3.05, 3.63) is 65.7 Å². The molecule has 0 fully saturated rings. The van der Waals surface area contributed by atoms with Crippen LogP contribution in [0.3, 0.4) is 0 Å². The molecule has 0 aromatic heterocycles. The fraction of sp³-hybridized carbons (Fsp3) is 0.188. The van der Waals surface area contributed by atoms with Crippen LogP contribution in [-0.2, 0) is 4.74 Å². The Morgan fingerprint density at radius 2 is 1.79 bits per heavy atom. The van der Waals surface area contributed by atoms with Crippen molar-refractivity contribution in [3.63, 3.8) is 0 Å². The maximum atomic E-state index is 5.92. The second kappa shape index (κ2) is 5.14. The number of hydrogen-bond acceptors (Lipinski definition) is 3. The highest BCUT2D eigenvalue weighted by Crippen LogP contribution is 2.25. The summed E-state index contributed by atoms with van der Waals surface area (Å²) in [6.45, 7) is 0.672. The van der Waals surface area contributed by atoms with Crippen LogP contribution in [0.2, 0.25) is 0 Å². The Bertz CT molecular complexity index is 575. The van der Waals surface area contributed by atoms with Gasteiger partial charge in [0.15, 0.2) is 0 Å². The van der Waals surface area contributed by atoms with E-state index in [1.54, 1.807) is 7.11 Å². The molecule has 0 bridgehead atoms. The molecule has 1 atom stereocenters. The Kier molecular flexibility index (Phi) is 3.19. The summed E-state index contributed by atoms with van der Waals surface area (Å²) in [6.07, 6.45) is 0.0262. The van der Waals surface area contributed by atoms with Crippen molar-refractivity contribution in [2.75, 3.05) is 13.7 Å². The average molecular weight is 253 g/mol. The van der Waals surface area contributed by atoms with Crippen molar-refractivity contribution in [2.45, 2.75) is 6.10 Å². The summed E-state index contributed by atoms with van der Waals surface area (Å²) < 4.78 is 11.1. The molecule has 1 aliphatic rings. The number of hydrogen-bond donors (Lipinski definition) is 0. The molecule has 1 heterocycles. The molecule has 2 aromatic carbocycles. The van der Waals surface area contributed by atoms with Crippen molar-refractivity contribution < 1.29 is 9.47 Å². The van der Waals surface area contributed by atoms with Gasteiger partial charge in [0.1, 0.15) is 11.9 Å². The quantitative estimate of drug-likeness (QED) is 0.841. The van der Waals surface area contributed by atoms with Gasteiger partial charge in [-0.25, -0.2) is 4.99 Å². The molecule has 3 heteroatoms. The van der Waals surface area contributed by atoms with Crippen LogP contribution in [0.5, 0.6) is 5.75 Å². The molecule has 0 aliphatic carbocycles. The summed E-state index contributed by atoms with van der Waals surface area (Å²) in [5.74, 6) is 1.54. The summed E-state index contributed by atoms with van der Waals surface area (Å²) >= 11 is 0.